The van der Waals surface area contributed by atoms with E-state index in [2.05, 4.69) is 21.0 Å². The van der Waals surface area contributed by atoms with Gasteiger partial charge < -0.3 is 14.5 Å². The third-order valence-electron chi connectivity index (χ3n) is 2.99. The summed E-state index contributed by atoms with van der Waals surface area (Å²) in [6.07, 6.45) is 0. The zero-order valence-corrected chi connectivity index (χ0v) is 12.3. The quantitative estimate of drug-likeness (QED) is 0.818. The summed E-state index contributed by atoms with van der Waals surface area (Å²) in [4.78, 5) is 16.5. The number of nitrogens with zero attached hydrogens (tertiary/aromatic N) is 6. The number of halogens is 1. The minimum atomic E-state index is -0.109. The van der Waals surface area contributed by atoms with Gasteiger partial charge in [-0.2, -0.15) is 20.2 Å². The molecule has 1 aromatic heterocycles. The first-order valence-electron chi connectivity index (χ1n) is 6.45. The third-order valence-corrected chi connectivity index (χ3v) is 3.16. The molecule has 0 aromatic carbocycles. The van der Waals surface area contributed by atoms with Crippen LogP contribution in [0.2, 0.25) is 5.28 Å². The SMILES string of the molecule is CC(C#N)CN(C)c1nc(Cl)nc(N2CCOCC2)n1. The summed E-state index contributed by atoms with van der Waals surface area (Å²) >= 11 is 5.97. The smallest absolute Gasteiger partial charge is 0.231 e. The fraction of sp³-hybridized carbons (Fsp3) is 0.667. The average molecular weight is 297 g/mol. The summed E-state index contributed by atoms with van der Waals surface area (Å²) in [5.41, 5.74) is 0. The first kappa shape index (κ1) is 14.8. The highest BCUT2D eigenvalue weighted by atomic mass is 35.5. The van der Waals surface area contributed by atoms with Crippen molar-refractivity contribution in [1.82, 2.24) is 15.0 Å². The Morgan fingerprint density at radius 3 is 2.75 bits per heavy atom. The number of ether oxygens (including phenoxy) is 1. The number of aromatic nitrogens is 3. The van der Waals surface area contributed by atoms with Crippen molar-refractivity contribution in [2.75, 3.05) is 49.7 Å². The maximum atomic E-state index is 8.87. The van der Waals surface area contributed by atoms with Crippen molar-refractivity contribution in [1.29, 1.82) is 5.26 Å². The van der Waals surface area contributed by atoms with E-state index < -0.39 is 0 Å². The molecule has 20 heavy (non-hydrogen) atoms. The van der Waals surface area contributed by atoms with Crippen molar-refractivity contribution in [2.24, 2.45) is 5.92 Å². The molecule has 0 aliphatic carbocycles. The number of morpholine rings is 1. The van der Waals surface area contributed by atoms with Crippen molar-refractivity contribution in [3.05, 3.63) is 5.28 Å². The van der Waals surface area contributed by atoms with Gasteiger partial charge in [0.1, 0.15) is 0 Å². The minimum absolute atomic E-state index is 0.109. The molecular formula is C12H17ClN6O. The van der Waals surface area contributed by atoms with E-state index in [1.807, 2.05) is 23.8 Å². The van der Waals surface area contributed by atoms with Gasteiger partial charge >= 0.3 is 0 Å². The van der Waals surface area contributed by atoms with Crippen molar-refractivity contribution in [2.45, 2.75) is 6.92 Å². The Kier molecular flexibility index (Phi) is 4.93. The van der Waals surface area contributed by atoms with E-state index in [0.29, 0.717) is 31.7 Å². The van der Waals surface area contributed by atoms with Crippen molar-refractivity contribution < 1.29 is 4.74 Å². The Labute approximate surface area is 123 Å². The monoisotopic (exact) mass is 296 g/mol. The zero-order chi connectivity index (χ0) is 14.5. The number of nitriles is 1. The molecule has 7 nitrogen and oxygen atoms in total. The van der Waals surface area contributed by atoms with Crippen molar-refractivity contribution in [3.8, 4) is 6.07 Å². The van der Waals surface area contributed by atoms with Gasteiger partial charge in [-0.3, -0.25) is 0 Å². The molecule has 1 saturated heterocycles. The Morgan fingerprint density at radius 2 is 2.10 bits per heavy atom. The standard InChI is InChI=1S/C12H17ClN6O/c1-9(7-14)8-18(2)11-15-10(13)16-12(17-11)19-3-5-20-6-4-19/h9H,3-6,8H2,1-2H3. The van der Waals surface area contributed by atoms with Crippen LogP contribution in [0.15, 0.2) is 0 Å². The highest BCUT2D eigenvalue weighted by Gasteiger charge is 2.18. The van der Waals surface area contributed by atoms with E-state index in [4.69, 9.17) is 21.6 Å². The van der Waals surface area contributed by atoms with E-state index in [0.717, 1.165) is 13.1 Å². The molecule has 1 aliphatic rings. The van der Waals surface area contributed by atoms with Crippen LogP contribution < -0.4 is 9.80 Å². The zero-order valence-electron chi connectivity index (χ0n) is 11.6. The molecule has 1 atom stereocenters. The Balaban J connectivity index is 2.17. The second-order valence-electron chi connectivity index (χ2n) is 4.71. The number of hydrogen-bond donors (Lipinski definition) is 0. The van der Waals surface area contributed by atoms with Crippen LogP contribution in [0.5, 0.6) is 0 Å². The molecule has 1 unspecified atom stereocenters. The number of rotatable bonds is 4. The fourth-order valence-corrected chi connectivity index (χ4v) is 2.09. The van der Waals surface area contributed by atoms with Gasteiger partial charge in [0.05, 0.1) is 25.2 Å². The van der Waals surface area contributed by atoms with E-state index in [-0.39, 0.29) is 11.2 Å². The van der Waals surface area contributed by atoms with Crippen LogP contribution in [0.25, 0.3) is 0 Å². The van der Waals surface area contributed by atoms with Crippen LogP contribution in [-0.4, -0.2) is 54.8 Å². The van der Waals surface area contributed by atoms with E-state index >= 15 is 0 Å². The molecule has 0 radical (unpaired) electrons. The summed E-state index contributed by atoms with van der Waals surface area (Å²) in [6.45, 7) is 5.16. The molecule has 1 fully saturated rings. The van der Waals surface area contributed by atoms with Crippen LogP contribution in [0.4, 0.5) is 11.9 Å². The molecule has 1 aromatic rings. The molecule has 2 heterocycles. The molecule has 1 aliphatic heterocycles. The van der Waals surface area contributed by atoms with Gasteiger partial charge in [0.15, 0.2) is 0 Å². The van der Waals surface area contributed by atoms with Gasteiger partial charge in [-0.15, -0.1) is 0 Å². The maximum Gasteiger partial charge on any atom is 0.231 e. The second kappa shape index (κ2) is 6.68. The van der Waals surface area contributed by atoms with Crippen molar-refractivity contribution >= 4 is 23.5 Å². The summed E-state index contributed by atoms with van der Waals surface area (Å²) in [5, 5.41) is 9.03. The lowest BCUT2D eigenvalue weighted by molar-refractivity contribution is 0.122. The Bertz CT molecular complexity index is 499. The lowest BCUT2D eigenvalue weighted by atomic mass is 10.2. The molecule has 0 saturated carbocycles. The summed E-state index contributed by atoms with van der Waals surface area (Å²) < 4.78 is 5.30. The first-order chi connectivity index (χ1) is 9.60. The largest absolute Gasteiger partial charge is 0.378 e. The predicted octanol–water partition coefficient (Wildman–Crippen LogP) is 0.957. The fourth-order valence-electron chi connectivity index (χ4n) is 1.94. The average Bonchev–Trinajstić information content (AvgIpc) is 2.47. The van der Waals surface area contributed by atoms with E-state index in [9.17, 15) is 0 Å². The molecule has 108 valence electrons. The maximum absolute atomic E-state index is 8.87. The Morgan fingerprint density at radius 1 is 1.40 bits per heavy atom. The number of hydrogen-bond acceptors (Lipinski definition) is 7. The van der Waals surface area contributed by atoms with Crippen LogP contribution >= 0.6 is 11.6 Å². The summed E-state index contributed by atoms with van der Waals surface area (Å²) in [7, 11) is 1.84. The molecule has 8 heteroatoms. The lowest BCUT2D eigenvalue weighted by Gasteiger charge is -2.27. The normalized spacial score (nSPS) is 16.6. The topological polar surface area (TPSA) is 78.2 Å². The third kappa shape index (κ3) is 3.68. The Hall–Kier alpha value is -1.65. The van der Waals surface area contributed by atoms with Gasteiger partial charge in [-0.05, 0) is 18.5 Å². The molecule has 2 rings (SSSR count). The second-order valence-corrected chi connectivity index (χ2v) is 5.05. The molecule has 0 amide bonds. The van der Waals surface area contributed by atoms with Crippen LogP contribution in [0.1, 0.15) is 6.92 Å². The highest BCUT2D eigenvalue weighted by Crippen LogP contribution is 2.17. The first-order valence-corrected chi connectivity index (χ1v) is 6.83. The molecule has 0 bridgehead atoms. The molecule has 0 N–H and O–H groups in total. The molecular weight excluding hydrogens is 280 g/mol. The van der Waals surface area contributed by atoms with Gasteiger partial charge in [-0.25, -0.2) is 0 Å². The van der Waals surface area contributed by atoms with E-state index in [1.54, 1.807) is 0 Å². The number of anilines is 2. The van der Waals surface area contributed by atoms with Gasteiger partial charge in [0.2, 0.25) is 17.2 Å². The van der Waals surface area contributed by atoms with E-state index in [1.165, 1.54) is 0 Å². The molecule has 0 spiro atoms. The van der Waals surface area contributed by atoms with Crippen molar-refractivity contribution in [3.63, 3.8) is 0 Å². The highest BCUT2D eigenvalue weighted by molar-refractivity contribution is 6.28. The van der Waals surface area contributed by atoms with Gasteiger partial charge in [0, 0.05) is 26.7 Å². The lowest BCUT2D eigenvalue weighted by Crippen LogP contribution is -2.38. The summed E-state index contributed by atoms with van der Waals surface area (Å²) in [5.74, 6) is 0.927. The van der Waals surface area contributed by atoms with Gasteiger partial charge in [0.25, 0.3) is 0 Å². The predicted molar refractivity (Wildman–Crippen MR) is 75.9 cm³/mol. The van der Waals surface area contributed by atoms with Gasteiger partial charge in [-0.1, -0.05) is 0 Å². The van der Waals surface area contributed by atoms with Crippen LogP contribution in [0.3, 0.4) is 0 Å². The minimum Gasteiger partial charge on any atom is -0.378 e. The van der Waals surface area contributed by atoms with Crippen LogP contribution in [0, 0.1) is 17.2 Å². The van der Waals surface area contributed by atoms with Crippen LogP contribution in [-0.2, 0) is 4.74 Å². The summed E-state index contributed by atoms with van der Waals surface area (Å²) in [6, 6.07) is 2.19.